The van der Waals surface area contributed by atoms with E-state index in [0.29, 0.717) is 24.3 Å². The van der Waals surface area contributed by atoms with E-state index in [0.717, 1.165) is 29.0 Å². The number of imidazole rings is 1. The number of ether oxygens (including phenoxy) is 1. The Kier molecular flexibility index (Phi) is 5.33. The van der Waals surface area contributed by atoms with Gasteiger partial charge in [-0.25, -0.2) is 14.2 Å². The molecule has 0 saturated carbocycles. The molecule has 9 heteroatoms. The van der Waals surface area contributed by atoms with E-state index in [4.69, 9.17) is 9.72 Å². The number of aryl methyl sites for hydroxylation is 1. The fourth-order valence-corrected chi connectivity index (χ4v) is 4.33. The van der Waals surface area contributed by atoms with E-state index in [1.807, 2.05) is 4.57 Å². The van der Waals surface area contributed by atoms with Gasteiger partial charge in [-0.3, -0.25) is 13.9 Å². The lowest BCUT2D eigenvalue weighted by molar-refractivity contribution is -0.929. The van der Waals surface area contributed by atoms with Crippen molar-refractivity contribution in [1.29, 1.82) is 0 Å². The zero-order valence-electron chi connectivity index (χ0n) is 17.7. The van der Waals surface area contributed by atoms with Gasteiger partial charge in [-0.05, 0) is 31.5 Å². The summed E-state index contributed by atoms with van der Waals surface area (Å²) in [4.78, 5) is 31.4. The summed E-state index contributed by atoms with van der Waals surface area (Å²) in [5.74, 6) is 0.414. The van der Waals surface area contributed by atoms with E-state index in [9.17, 15) is 14.0 Å². The molecule has 160 valence electrons. The predicted octanol–water partition coefficient (Wildman–Crippen LogP) is -0.187. The molecular weight excluding hydrogens is 389 g/mol. The van der Waals surface area contributed by atoms with Gasteiger partial charge in [-0.2, -0.15) is 0 Å². The summed E-state index contributed by atoms with van der Waals surface area (Å²) in [6.45, 7) is 6.75. The highest BCUT2D eigenvalue weighted by Crippen LogP contribution is 2.15. The van der Waals surface area contributed by atoms with Crippen molar-refractivity contribution < 1.29 is 14.0 Å². The Bertz CT molecular complexity index is 1180. The number of hydrogen-bond acceptors (Lipinski definition) is 4. The molecule has 8 nitrogen and oxygen atoms in total. The molecule has 0 spiro atoms. The fourth-order valence-electron chi connectivity index (χ4n) is 4.33. The Labute approximate surface area is 173 Å². The summed E-state index contributed by atoms with van der Waals surface area (Å²) in [6.07, 6.45) is 0.270. The molecule has 0 radical (unpaired) electrons. The maximum atomic E-state index is 13.4. The van der Waals surface area contributed by atoms with Crippen molar-refractivity contribution in [3.63, 3.8) is 0 Å². The average Bonchev–Trinajstić information content (AvgIpc) is 3.03. The highest BCUT2D eigenvalue weighted by molar-refractivity contribution is 5.71. The summed E-state index contributed by atoms with van der Waals surface area (Å²) < 4.78 is 23.6. The molecule has 0 aliphatic carbocycles. The number of hydrogen-bond donors (Lipinski definition) is 1. The van der Waals surface area contributed by atoms with Gasteiger partial charge in [-0.15, -0.1) is 0 Å². The van der Waals surface area contributed by atoms with Crippen LogP contribution in [0.2, 0.25) is 0 Å². The number of benzene rings is 1. The van der Waals surface area contributed by atoms with Crippen molar-refractivity contribution in [2.24, 2.45) is 14.1 Å². The number of aromatic nitrogens is 4. The van der Waals surface area contributed by atoms with Crippen molar-refractivity contribution in [2.75, 3.05) is 13.1 Å². The molecule has 1 aliphatic heterocycles. The second kappa shape index (κ2) is 7.81. The van der Waals surface area contributed by atoms with E-state index in [1.165, 1.54) is 28.6 Å². The number of nitrogens with zero attached hydrogens (tertiary/aromatic N) is 4. The van der Waals surface area contributed by atoms with Crippen LogP contribution in [0, 0.1) is 5.82 Å². The Morgan fingerprint density at radius 1 is 1.10 bits per heavy atom. The smallest absolute Gasteiger partial charge is 0.332 e. The topological polar surface area (TPSA) is 75.5 Å². The lowest BCUT2D eigenvalue weighted by Crippen LogP contribution is -3.14. The lowest BCUT2D eigenvalue weighted by atomic mass is 10.2. The van der Waals surface area contributed by atoms with E-state index >= 15 is 0 Å². The molecule has 1 saturated heterocycles. The molecule has 1 aliphatic rings. The third kappa shape index (κ3) is 3.70. The Morgan fingerprint density at radius 2 is 1.73 bits per heavy atom. The minimum atomic E-state index is -0.411. The number of quaternary nitrogens is 1. The van der Waals surface area contributed by atoms with E-state index < -0.39 is 5.69 Å². The van der Waals surface area contributed by atoms with Crippen LogP contribution in [0.5, 0.6) is 0 Å². The summed E-state index contributed by atoms with van der Waals surface area (Å²) in [5.41, 5.74) is 0.812. The molecule has 2 aromatic heterocycles. The fraction of sp³-hybridized carbons (Fsp3) is 0.476. The predicted molar refractivity (Wildman–Crippen MR) is 110 cm³/mol. The van der Waals surface area contributed by atoms with Gasteiger partial charge in [0.1, 0.15) is 37.7 Å². The zero-order chi connectivity index (χ0) is 21.6. The standard InChI is InChI=1S/C21H26FN5O3/c1-13-9-26(10-14(2)30-13)12-17-23-19-18(20(28)25(4)21(29)24(19)3)27(17)11-15-5-7-16(22)8-6-15/h5-8,13-14H,9-12H2,1-4H3/p+1/t13-,14-/m0/s1. The molecule has 30 heavy (non-hydrogen) atoms. The number of rotatable bonds is 4. The minimum Gasteiger partial charge on any atom is -0.364 e. The molecule has 4 rings (SSSR count). The van der Waals surface area contributed by atoms with Gasteiger partial charge in [0.15, 0.2) is 17.0 Å². The van der Waals surface area contributed by atoms with E-state index in [1.54, 1.807) is 19.2 Å². The first-order valence-corrected chi connectivity index (χ1v) is 10.1. The number of halogens is 1. The van der Waals surface area contributed by atoms with Crippen LogP contribution in [0.4, 0.5) is 4.39 Å². The maximum Gasteiger partial charge on any atom is 0.332 e. The van der Waals surface area contributed by atoms with Crippen LogP contribution in [0.1, 0.15) is 25.2 Å². The summed E-state index contributed by atoms with van der Waals surface area (Å²) in [5, 5.41) is 0. The summed E-state index contributed by atoms with van der Waals surface area (Å²) in [6, 6.07) is 6.20. The van der Waals surface area contributed by atoms with Crippen LogP contribution in [0.25, 0.3) is 11.2 Å². The highest BCUT2D eigenvalue weighted by atomic mass is 19.1. The molecule has 1 N–H and O–H groups in total. The second-order valence-electron chi connectivity index (χ2n) is 8.21. The normalized spacial score (nSPS) is 22.0. The molecule has 0 amide bonds. The monoisotopic (exact) mass is 416 g/mol. The first-order chi connectivity index (χ1) is 14.2. The third-order valence-corrected chi connectivity index (χ3v) is 5.71. The van der Waals surface area contributed by atoms with E-state index in [-0.39, 0.29) is 23.6 Å². The Balaban J connectivity index is 1.84. The Morgan fingerprint density at radius 3 is 2.37 bits per heavy atom. The maximum absolute atomic E-state index is 13.4. The third-order valence-electron chi connectivity index (χ3n) is 5.71. The zero-order valence-corrected chi connectivity index (χ0v) is 17.7. The highest BCUT2D eigenvalue weighted by Gasteiger charge is 2.28. The molecule has 0 bridgehead atoms. The minimum absolute atomic E-state index is 0.135. The van der Waals surface area contributed by atoms with Crippen molar-refractivity contribution in [3.8, 4) is 0 Å². The van der Waals surface area contributed by atoms with Gasteiger partial charge >= 0.3 is 5.69 Å². The van der Waals surface area contributed by atoms with Gasteiger partial charge in [0.05, 0.1) is 0 Å². The largest absolute Gasteiger partial charge is 0.364 e. The number of morpholine rings is 1. The van der Waals surface area contributed by atoms with Crippen LogP contribution in [0.15, 0.2) is 33.9 Å². The van der Waals surface area contributed by atoms with Gasteiger partial charge in [-0.1, -0.05) is 12.1 Å². The van der Waals surface area contributed by atoms with Gasteiger partial charge < -0.3 is 14.2 Å². The first kappa shape index (κ1) is 20.5. The SMILES string of the molecule is C[C@H]1C[NH+](Cc2nc3c(c(=O)n(C)c(=O)n3C)n2Cc2ccc(F)cc2)C[C@H](C)O1. The van der Waals surface area contributed by atoms with Crippen molar-refractivity contribution in [3.05, 3.63) is 62.3 Å². The summed E-state index contributed by atoms with van der Waals surface area (Å²) in [7, 11) is 3.09. The number of fused-ring (bicyclic) bond motifs is 1. The molecular formula is C21H27FN5O3+. The van der Waals surface area contributed by atoms with Gasteiger partial charge in [0, 0.05) is 20.6 Å². The van der Waals surface area contributed by atoms with E-state index in [2.05, 4.69) is 13.8 Å². The molecule has 3 aromatic rings. The molecule has 3 heterocycles. The molecule has 2 atom stereocenters. The first-order valence-electron chi connectivity index (χ1n) is 10.1. The molecule has 1 aromatic carbocycles. The van der Waals surface area contributed by atoms with Crippen LogP contribution in [0.3, 0.4) is 0 Å². The second-order valence-corrected chi connectivity index (χ2v) is 8.21. The van der Waals surface area contributed by atoms with Gasteiger partial charge in [0.2, 0.25) is 0 Å². The van der Waals surface area contributed by atoms with Crippen LogP contribution < -0.4 is 16.1 Å². The quantitative estimate of drug-likeness (QED) is 0.640. The van der Waals surface area contributed by atoms with Crippen molar-refractivity contribution >= 4 is 11.2 Å². The molecule has 0 unspecified atom stereocenters. The average molecular weight is 416 g/mol. The van der Waals surface area contributed by atoms with Gasteiger partial charge in [0.25, 0.3) is 5.56 Å². The van der Waals surface area contributed by atoms with Crippen LogP contribution >= 0.6 is 0 Å². The molecule has 1 fully saturated rings. The Hall–Kier alpha value is -2.78. The summed E-state index contributed by atoms with van der Waals surface area (Å²) >= 11 is 0. The number of nitrogens with one attached hydrogen (secondary N) is 1. The van der Waals surface area contributed by atoms with Crippen LogP contribution in [-0.4, -0.2) is 44.0 Å². The van der Waals surface area contributed by atoms with Crippen molar-refractivity contribution in [2.45, 2.75) is 39.1 Å². The van der Waals surface area contributed by atoms with Crippen LogP contribution in [-0.2, 0) is 31.9 Å². The lowest BCUT2D eigenvalue weighted by Gasteiger charge is -2.32. The van der Waals surface area contributed by atoms with Crippen molar-refractivity contribution in [1.82, 2.24) is 18.7 Å².